The molecule has 0 fully saturated rings. The highest BCUT2D eigenvalue weighted by Crippen LogP contribution is 2.17. The van der Waals surface area contributed by atoms with Crippen molar-refractivity contribution in [2.75, 3.05) is 0 Å². The third-order valence-corrected chi connectivity index (χ3v) is 1.92. The second-order valence-corrected chi connectivity index (χ2v) is 2.98. The molecule has 0 aromatic carbocycles. The van der Waals surface area contributed by atoms with Gasteiger partial charge >= 0.3 is 5.97 Å². The molecule has 0 bridgehead atoms. The van der Waals surface area contributed by atoms with Crippen LogP contribution in [-0.2, 0) is 7.05 Å². The Bertz CT molecular complexity index is 470. The fourth-order valence-corrected chi connectivity index (χ4v) is 1.23. The Morgan fingerprint density at radius 3 is 2.93 bits per heavy atom. The molecule has 2 rings (SSSR count). The first-order valence-electron chi connectivity index (χ1n) is 4.08. The first kappa shape index (κ1) is 8.55. The van der Waals surface area contributed by atoms with Gasteiger partial charge in [-0.25, -0.2) is 4.79 Å². The molecule has 14 heavy (non-hydrogen) atoms. The maximum absolute atomic E-state index is 10.6. The number of hydrogen-bond donors (Lipinski definition) is 2. The standard InChI is InChI=1S/C9H9N3O2/c1-12-3-2-7(11-12)6-4-8(9(13)14)10-5-6/h2-5,10H,1H3,(H,13,14). The first-order valence-corrected chi connectivity index (χ1v) is 4.08. The number of nitrogens with one attached hydrogen (secondary N) is 1. The van der Waals surface area contributed by atoms with E-state index in [-0.39, 0.29) is 5.69 Å². The predicted octanol–water partition coefficient (Wildman–Crippen LogP) is 1.11. The fourth-order valence-electron chi connectivity index (χ4n) is 1.23. The minimum atomic E-state index is -0.966. The van der Waals surface area contributed by atoms with Crippen molar-refractivity contribution in [3.05, 3.63) is 30.2 Å². The average Bonchev–Trinajstić information content (AvgIpc) is 2.70. The molecule has 0 saturated heterocycles. The lowest BCUT2D eigenvalue weighted by Gasteiger charge is -1.87. The summed E-state index contributed by atoms with van der Waals surface area (Å²) in [4.78, 5) is 13.3. The Morgan fingerprint density at radius 1 is 1.64 bits per heavy atom. The van der Waals surface area contributed by atoms with Gasteiger partial charge in [0.1, 0.15) is 5.69 Å². The quantitative estimate of drug-likeness (QED) is 0.747. The van der Waals surface area contributed by atoms with Crippen molar-refractivity contribution in [2.24, 2.45) is 7.05 Å². The number of aromatic nitrogens is 3. The molecule has 0 saturated carbocycles. The molecule has 72 valence electrons. The number of aromatic carboxylic acids is 1. The summed E-state index contributed by atoms with van der Waals surface area (Å²) in [6.45, 7) is 0. The molecule has 0 aliphatic carbocycles. The molecule has 0 radical (unpaired) electrons. The van der Waals surface area contributed by atoms with E-state index >= 15 is 0 Å². The molecule has 0 aliphatic heterocycles. The summed E-state index contributed by atoms with van der Waals surface area (Å²) in [5.74, 6) is -0.966. The van der Waals surface area contributed by atoms with E-state index in [1.54, 1.807) is 16.9 Å². The van der Waals surface area contributed by atoms with Gasteiger partial charge < -0.3 is 10.1 Å². The summed E-state index contributed by atoms with van der Waals surface area (Å²) >= 11 is 0. The molecule has 2 aromatic heterocycles. The lowest BCUT2D eigenvalue weighted by atomic mass is 10.2. The van der Waals surface area contributed by atoms with Gasteiger partial charge in [-0.2, -0.15) is 5.10 Å². The van der Waals surface area contributed by atoms with Gasteiger partial charge in [-0.05, 0) is 12.1 Å². The lowest BCUT2D eigenvalue weighted by Crippen LogP contribution is -1.94. The summed E-state index contributed by atoms with van der Waals surface area (Å²) in [5, 5.41) is 12.9. The molecule has 0 spiro atoms. The van der Waals surface area contributed by atoms with Crippen molar-refractivity contribution >= 4 is 5.97 Å². The second-order valence-electron chi connectivity index (χ2n) is 2.98. The van der Waals surface area contributed by atoms with Crippen molar-refractivity contribution in [1.29, 1.82) is 0 Å². The van der Waals surface area contributed by atoms with Gasteiger partial charge in [0.2, 0.25) is 0 Å². The summed E-state index contributed by atoms with van der Waals surface area (Å²) in [7, 11) is 1.81. The Labute approximate surface area is 80.0 Å². The highest BCUT2D eigenvalue weighted by atomic mass is 16.4. The number of H-pyrrole nitrogens is 1. The van der Waals surface area contributed by atoms with E-state index in [1.165, 1.54) is 0 Å². The number of hydrogen-bond acceptors (Lipinski definition) is 2. The normalized spacial score (nSPS) is 10.4. The van der Waals surface area contributed by atoms with Crippen LogP contribution >= 0.6 is 0 Å². The predicted molar refractivity (Wildman–Crippen MR) is 50.0 cm³/mol. The highest BCUT2D eigenvalue weighted by molar-refractivity contribution is 5.87. The Morgan fingerprint density at radius 2 is 2.43 bits per heavy atom. The van der Waals surface area contributed by atoms with E-state index < -0.39 is 5.97 Å². The third-order valence-electron chi connectivity index (χ3n) is 1.92. The minimum absolute atomic E-state index is 0.172. The Kier molecular flexibility index (Phi) is 1.85. The van der Waals surface area contributed by atoms with Crippen molar-refractivity contribution in [1.82, 2.24) is 14.8 Å². The molecule has 2 aromatic rings. The van der Waals surface area contributed by atoms with Crippen LogP contribution < -0.4 is 0 Å². The molecular weight excluding hydrogens is 182 g/mol. The summed E-state index contributed by atoms with van der Waals surface area (Å²) in [5.41, 5.74) is 1.71. The molecule has 0 unspecified atom stereocenters. The minimum Gasteiger partial charge on any atom is -0.477 e. The number of carboxylic acids is 1. The third kappa shape index (κ3) is 1.39. The number of nitrogens with zero attached hydrogens (tertiary/aromatic N) is 2. The molecule has 2 N–H and O–H groups in total. The smallest absolute Gasteiger partial charge is 0.352 e. The van der Waals surface area contributed by atoms with Gasteiger partial charge in [-0.15, -0.1) is 0 Å². The topological polar surface area (TPSA) is 70.9 Å². The molecule has 5 nitrogen and oxygen atoms in total. The highest BCUT2D eigenvalue weighted by Gasteiger charge is 2.08. The van der Waals surface area contributed by atoms with Crippen molar-refractivity contribution in [3.63, 3.8) is 0 Å². The van der Waals surface area contributed by atoms with E-state index in [9.17, 15) is 4.79 Å². The molecule has 0 amide bonds. The second kappa shape index (κ2) is 3.02. The van der Waals surface area contributed by atoms with Gasteiger partial charge in [0.25, 0.3) is 0 Å². The van der Waals surface area contributed by atoms with Gasteiger partial charge in [-0.3, -0.25) is 4.68 Å². The maximum atomic E-state index is 10.6. The monoisotopic (exact) mass is 191 g/mol. The first-order chi connectivity index (χ1) is 6.66. The van der Waals surface area contributed by atoms with Crippen LogP contribution in [0.1, 0.15) is 10.5 Å². The Balaban J connectivity index is 2.38. The molecule has 0 aliphatic rings. The number of carboxylic acid groups (broad SMARTS) is 1. The van der Waals surface area contributed by atoms with Crippen LogP contribution in [0, 0.1) is 0 Å². The molecule has 5 heteroatoms. The zero-order chi connectivity index (χ0) is 10.1. The Hall–Kier alpha value is -2.04. The SMILES string of the molecule is Cn1ccc(-c2c[nH]c(C(=O)O)c2)n1. The largest absolute Gasteiger partial charge is 0.477 e. The number of aromatic amines is 1. The van der Waals surface area contributed by atoms with Crippen LogP contribution in [0.5, 0.6) is 0 Å². The van der Waals surface area contributed by atoms with Crippen LogP contribution in [0.4, 0.5) is 0 Å². The van der Waals surface area contributed by atoms with Gasteiger partial charge in [0, 0.05) is 25.0 Å². The van der Waals surface area contributed by atoms with Crippen LogP contribution in [0.3, 0.4) is 0 Å². The molecule has 2 heterocycles. The van der Waals surface area contributed by atoms with Gasteiger partial charge in [0.05, 0.1) is 5.69 Å². The van der Waals surface area contributed by atoms with Crippen LogP contribution in [-0.4, -0.2) is 25.8 Å². The van der Waals surface area contributed by atoms with Crippen LogP contribution in [0.2, 0.25) is 0 Å². The van der Waals surface area contributed by atoms with Crippen molar-refractivity contribution in [2.45, 2.75) is 0 Å². The zero-order valence-corrected chi connectivity index (χ0v) is 7.56. The van der Waals surface area contributed by atoms with Crippen molar-refractivity contribution < 1.29 is 9.90 Å². The number of rotatable bonds is 2. The van der Waals surface area contributed by atoms with Crippen molar-refractivity contribution in [3.8, 4) is 11.3 Å². The van der Waals surface area contributed by atoms with Crippen LogP contribution in [0.25, 0.3) is 11.3 Å². The molecular formula is C9H9N3O2. The summed E-state index contributed by atoms with van der Waals surface area (Å²) in [6.07, 6.45) is 3.44. The van der Waals surface area contributed by atoms with Gasteiger partial charge in [-0.1, -0.05) is 0 Å². The van der Waals surface area contributed by atoms with Gasteiger partial charge in [0.15, 0.2) is 0 Å². The maximum Gasteiger partial charge on any atom is 0.352 e. The zero-order valence-electron chi connectivity index (χ0n) is 7.56. The molecule has 0 atom stereocenters. The summed E-state index contributed by atoms with van der Waals surface area (Å²) < 4.78 is 1.67. The number of aryl methyl sites for hydroxylation is 1. The summed E-state index contributed by atoms with van der Waals surface area (Å²) in [6, 6.07) is 3.39. The number of carbonyl (C=O) groups is 1. The van der Waals surface area contributed by atoms with E-state index in [0.29, 0.717) is 0 Å². The van der Waals surface area contributed by atoms with E-state index in [0.717, 1.165) is 11.3 Å². The fraction of sp³-hybridized carbons (Fsp3) is 0.111. The van der Waals surface area contributed by atoms with Crippen LogP contribution in [0.15, 0.2) is 24.5 Å². The lowest BCUT2D eigenvalue weighted by molar-refractivity contribution is 0.0691. The average molecular weight is 191 g/mol. The van der Waals surface area contributed by atoms with E-state index in [2.05, 4.69) is 10.1 Å². The van der Waals surface area contributed by atoms with E-state index in [4.69, 9.17) is 5.11 Å². The van der Waals surface area contributed by atoms with E-state index in [1.807, 2.05) is 19.3 Å².